The first-order chi connectivity index (χ1) is 8.83. The molecule has 0 spiro atoms. The summed E-state index contributed by atoms with van der Waals surface area (Å²) in [5, 5.41) is 3.18. The average Bonchev–Trinajstić information content (AvgIpc) is 2.39. The Balaban J connectivity index is 1.93. The van der Waals surface area contributed by atoms with Gasteiger partial charge in [0.2, 0.25) is 5.95 Å². The van der Waals surface area contributed by atoms with Crippen molar-refractivity contribution >= 4 is 11.5 Å². The third kappa shape index (κ3) is 2.18. The van der Waals surface area contributed by atoms with Crippen molar-refractivity contribution in [1.29, 1.82) is 0 Å². The second-order valence-corrected chi connectivity index (χ2v) is 4.50. The molecule has 1 aliphatic rings. The molecule has 0 aliphatic heterocycles. The molecule has 1 aliphatic carbocycles. The monoisotopic (exact) mass is 243 g/mol. The van der Waals surface area contributed by atoms with Crippen LogP contribution in [0.25, 0.3) is 0 Å². The summed E-state index contributed by atoms with van der Waals surface area (Å²) in [5.74, 6) is -0.0150. The highest BCUT2D eigenvalue weighted by atomic mass is 19.1. The molecule has 1 heterocycles. The van der Waals surface area contributed by atoms with Gasteiger partial charge in [-0.1, -0.05) is 12.1 Å². The Morgan fingerprint density at radius 3 is 2.89 bits per heavy atom. The zero-order chi connectivity index (χ0) is 12.4. The number of halogens is 1. The van der Waals surface area contributed by atoms with E-state index in [2.05, 4.69) is 21.4 Å². The third-order valence-electron chi connectivity index (χ3n) is 3.29. The first-order valence-corrected chi connectivity index (χ1v) is 6.18. The molecular weight excluding hydrogens is 229 g/mol. The molecule has 3 nitrogen and oxygen atoms in total. The van der Waals surface area contributed by atoms with Crippen molar-refractivity contribution in [2.45, 2.75) is 25.7 Å². The predicted molar refractivity (Wildman–Crippen MR) is 68.4 cm³/mol. The van der Waals surface area contributed by atoms with E-state index < -0.39 is 5.95 Å². The van der Waals surface area contributed by atoms with Crippen LogP contribution in [0.1, 0.15) is 24.0 Å². The molecule has 1 N–H and O–H groups in total. The lowest BCUT2D eigenvalue weighted by atomic mass is 9.90. The van der Waals surface area contributed by atoms with Crippen molar-refractivity contribution in [2.75, 3.05) is 5.32 Å². The summed E-state index contributed by atoms with van der Waals surface area (Å²) in [6.07, 6.45) is 5.89. The fourth-order valence-corrected chi connectivity index (χ4v) is 2.44. The standard InChI is InChI=1S/C14H14FN3/c15-13-8-14(17-9-16-13)18-12-7-3-5-10-4-1-2-6-11(10)12/h3,5,7-9H,1-2,4,6H2,(H,16,17,18). The van der Waals surface area contributed by atoms with Crippen LogP contribution in [0, 0.1) is 5.95 Å². The van der Waals surface area contributed by atoms with Gasteiger partial charge in [-0.3, -0.25) is 0 Å². The lowest BCUT2D eigenvalue weighted by Gasteiger charge is -2.19. The maximum atomic E-state index is 13.0. The van der Waals surface area contributed by atoms with Crippen LogP contribution in [0.2, 0.25) is 0 Å². The minimum Gasteiger partial charge on any atom is -0.340 e. The zero-order valence-corrected chi connectivity index (χ0v) is 9.99. The molecule has 0 saturated carbocycles. The molecule has 0 amide bonds. The van der Waals surface area contributed by atoms with Crippen LogP contribution in [0.15, 0.2) is 30.6 Å². The highest BCUT2D eigenvalue weighted by molar-refractivity contribution is 5.62. The van der Waals surface area contributed by atoms with Gasteiger partial charge < -0.3 is 5.32 Å². The number of fused-ring (bicyclic) bond motifs is 1. The number of hydrogen-bond acceptors (Lipinski definition) is 3. The fourth-order valence-electron chi connectivity index (χ4n) is 2.44. The molecule has 0 bridgehead atoms. The van der Waals surface area contributed by atoms with Crippen molar-refractivity contribution in [3.05, 3.63) is 47.7 Å². The van der Waals surface area contributed by atoms with Crippen LogP contribution < -0.4 is 5.32 Å². The van der Waals surface area contributed by atoms with Gasteiger partial charge in [0.15, 0.2) is 0 Å². The van der Waals surface area contributed by atoms with E-state index in [9.17, 15) is 4.39 Å². The molecule has 92 valence electrons. The lowest BCUT2D eigenvalue weighted by Crippen LogP contribution is -2.06. The molecule has 0 unspecified atom stereocenters. The Labute approximate surface area is 105 Å². The van der Waals surface area contributed by atoms with E-state index in [1.54, 1.807) is 0 Å². The summed E-state index contributed by atoms with van der Waals surface area (Å²) in [5.41, 5.74) is 3.76. The van der Waals surface area contributed by atoms with Crippen molar-refractivity contribution in [3.63, 3.8) is 0 Å². The van der Waals surface area contributed by atoms with E-state index in [1.807, 2.05) is 12.1 Å². The molecular formula is C14H14FN3. The number of anilines is 2. The maximum Gasteiger partial charge on any atom is 0.218 e. The Hall–Kier alpha value is -1.97. The topological polar surface area (TPSA) is 37.8 Å². The summed E-state index contributed by atoms with van der Waals surface area (Å²) in [6, 6.07) is 7.52. The molecule has 18 heavy (non-hydrogen) atoms. The van der Waals surface area contributed by atoms with Crippen LogP contribution in [0.3, 0.4) is 0 Å². The van der Waals surface area contributed by atoms with E-state index in [0.29, 0.717) is 5.82 Å². The van der Waals surface area contributed by atoms with E-state index in [-0.39, 0.29) is 0 Å². The molecule has 0 radical (unpaired) electrons. The Kier molecular flexibility index (Phi) is 2.92. The third-order valence-corrected chi connectivity index (χ3v) is 3.29. The summed E-state index contributed by atoms with van der Waals surface area (Å²) < 4.78 is 13.0. The molecule has 1 aromatic heterocycles. The second-order valence-electron chi connectivity index (χ2n) is 4.50. The van der Waals surface area contributed by atoms with Crippen LogP contribution in [-0.4, -0.2) is 9.97 Å². The smallest absolute Gasteiger partial charge is 0.218 e. The minimum absolute atomic E-state index is 0.501. The highest BCUT2D eigenvalue weighted by Gasteiger charge is 2.13. The molecule has 0 atom stereocenters. The van der Waals surface area contributed by atoms with Gasteiger partial charge in [0.05, 0.1) is 0 Å². The Morgan fingerprint density at radius 1 is 1.11 bits per heavy atom. The number of aryl methyl sites for hydroxylation is 1. The second kappa shape index (κ2) is 4.72. The van der Waals surface area contributed by atoms with Gasteiger partial charge in [0.1, 0.15) is 12.1 Å². The van der Waals surface area contributed by atoms with Gasteiger partial charge in [0.25, 0.3) is 0 Å². The first kappa shape index (κ1) is 11.1. The minimum atomic E-state index is -0.516. The van der Waals surface area contributed by atoms with Crippen LogP contribution in [0.4, 0.5) is 15.9 Å². The van der Waals surface area contributed by atoms with Crippen molar-refractivity contribution in [2.24, 2.45) is 0 Å². The number of aromatic nitrogens is 2. The molecule has 0 fully saturated rings. The fraction of sp³-hybridized carbons (Fsp3) is 0.286. The van der Waals surface area contributed by atoms with E-state index in [0.717, 1.165) is 18.5 Å². The number of rotatable bonds is 2. The van der Waals surface area contributed by atoms with Gasteiger partial charge in [-0.25, -0.2) is 9.97 Å². The maximum absolute atomic E-state index is 13.0. The number of nitrogens with zero attached hydrogens (tertiary/aromatic N) is 2. The number of benzene rings is 1. The van der Waals surface area contributed by atoms with Gasteiger partial charge in [-0.05, 0) is 42.9 Å². The molecule has 1 aromatic carbocycles. The average molecular weight is 243 g/mol. The summed E-state index contributed by atoms with van der Waals surface area (Å²) in [7, 11) is 0. The summed E-state index contributed by atoms with van der Waals surface area (Å²) >= 11 is 0. The SMILES string of the molecule is Fc1cc(Nc2cccc3c2CCCC3)ncn1. The van der Waals surface area contributed by atoms with Gasteiger partial charge in [-0.15, -0.1) is 0 Å². The number of nitrogens with one attached hydrogen (secondary N) is 1. The zero-order valence-electron chi connectivity index (χ0n) is 9.99. The Bertz CT molecular complexity index is 569. The van der Waals surface area contributed by atoms with Gasteiger partial charge in [0, 0.05) is 11.8 Å². The molecule has 3 rings (SSSR count). The van der Waals surface area contributed by atoms with Crippen molar-refractivity contribution in [3.8, 4) is 0 Å². The lowest BCUT2D eigenvalue weighted by molar-refractivity contribution is 0.580. The van der Waals surface area contributed by atoms with Crippen LogP contribution >= 0.6 is 0 Å². The molecule has 2 aromatic rings. The highest BCUT2D eigenvalue weighted by Crippen LogP contribution is 2.29. The predicted octanol–water partition coefficient (Wildman–Crippen LogP) is 3.24. The summed E-state index contributed by atoms with van der Waals surface area (Å²) in [6.45, 7) is 0. The van der Waals surface area contributed by atoms with E-state index in [1.165, 1.54) is 36.4 Å². The first-order valence-electron chi connectivity index (χ1n) is 6.18. The van der Waals surface area contributed by atoms with Crippen molar-refractivity contribution in [1.82, 2.24) is 9.97 Å². The molecule has 0 saturated heterocycles. The largest absolute Gasteiger partial charge is 0.340 e. The van der Waals surface area contributed by atoms with Crippen LogP contribution in [0.5, 0.6) is 0 Å². The molecule has 4 heteroatoms. The van der Waals surface area contributed by atoms with E-state index in [4.69, 9.17) is 0 Å². The van der Waals surface area contributed by atoms with Gasteiger partial charge >= 0.3 is 0 Å². The van der Waals surface area contributed by atoms with Crippen LogP contribution in [-0.2, 0) is 12.8 Å². The normalized spacial score (nSPS) is 14.1. The summed E-state index contributed by atoms with van der Waals surface area (Å²) in [4.78, 5) is 7.47. The van der Waals surface area contributed by atoms with E-state index >= 15 is 0 Å². The van der Waals surface area contributed by atoms with Gasteiger partial charge in [-0.2, -0.15) is 4.39 Å². The Morgan fingerprint density at radius 2 is 2.00 bits per heavy atom. The van der Waals surface area contributed by atoms with Crippen molar-refractivity contribution < 1.29 is 4.39 Å². The quantitative estimate of drug-likeness (QED) is 0.823. The number of hydrogen-bond donors (Lipinski definition) is 1.